The topological polar surface area (TPSA) is 64.4 Å². The standard InChI is InChI=1S/C25H33N3O3/c1-17-8-9-22(14-18(17)2)31-19(3)25(30)27-12-10-20(11-13-27)16-28-24(29)15-21-6-4-5-7-23(21)26-28/h8-9,14-15,19-20H,4-7,10-13,16H2,1-3H3. The number of carbonyl (C=O) groups excluding carboxylic acids is 1. The van der Waals surface area contributed by atoms with Gasteiger partial charge in [0.05, 0.1) is 5.69 Å². The van der Waals surface area contributed by atoms with Gasteiger partial charge >= 0.3 is 0 Å². The molecule has 0 bridgehead atoms. The van der Waals surface area contributed by atoms with Crippen LogP contribution in [0.2, 0.25) is 0 Å². The highest BCUT2D eigenvalue weighted by molar-refractivity contribution is 5.81. The molecule has 1 amide bonds. The third kappa shape index (κ3) is 5.00. The van der Waals surface area contributed by atoms with Gasteiger partial charge in [0.25, 0.3) is 11.5 Å². The molecule has 2 aromatic rings. The fourth-order valence-electron chi connectivity index (χ4n) is 4.61. The number of hydrogen-bond donors (Lipinski definition) is 0. The number of hydrogen-bond acceptors (Lipinski definition) is 4. The van der Waals surface area contributed by atoms with Crippen molar-refractivity contribution in [2.45, 2.75) is 71.9 Å². The second-order valence-electron chi connectivity index (χ2n) is 9.12. The Balaban J connectivity index is 1.31. The van der Waals surface area contributed by atoms with E-state index < -0.39 is 6.10 Å². The molecule has 2 aliphatic rings. The number of benzene rings is 1. The van der Waals surface area contributed by atoms with Crippen LogP contribution in [-0.2, 0) is 24.2 Å². The van der Waals surface area contributed by atoms with Gasteiger partial charge in [-0.05, 0) is 94.0 Å². The van der Waals surface area contributed by atoms with E-state index in [1.165, 1.54) is 5.56 Å². The van der Waals surface area contributed by atoms with E-state index in [2.05, 4.69) is 12.0 Å². The number of fused-ring (bicyclic) bond motifs is 1. The molecular weight excluding hydrogens is 390 g/mol. The molecule has 1 aromatic heterocycles. The Bertz CT molecular complexity index is 1010. The van der Waals surface area contributed by atoms with Gasteiger partial charge in [0.1, 0.15) is 5.75 Å². The minimum absolute atomic E-state index is 0.00886. The van der Waals surface area contributed by atoms with Crippen molar-refractivity contribution in [1.82, 2.24) is 14.7 Å². The van der Waals surface area contributed by atoms with Crippen LogP contribution in [0, 0.1) is 19.8 Å². The molecule has 166 valence electrons. The Kier molecular flexibility index (Phi) is 6.44. The van der Waals surface area contributed by atoms with Crippen molar-refractivity contribution in [3.63, 3.8) is 0 Å². The molecule has 0 N–H and O–H groups in total. The molecule has 1 saturated heterocycles. The smallest absolute Gasteiger partial charge is 0.267 e. The Hall–Kier alpha value is -2.63. The lowest BCUT2D eigenvalue weighted by atomic mass is 9.95. The molecule has 4 rings (SSSR count). The second-order valence-corrected chi connectivity index (χ2v) is 9.12. The number of likely N-dealkylation sites (tertiary alicyclic amines) is 1. The predicted octanol–water partition coefficient (Wildman–Crippen LogP) is 3.45. The molecule has 1 aliphatic heterocycles. The van der Waals surface area contributed by atoms with Gasteiger partial charge in [0.15, 0.2) is 6.10 Å². The van der Waals surface area contributed by atoms with E-state index >= 15 is 0 Å². The van der Waals surface area contributed by atoms with Gasteiger partial charge in [-0.1, -0.05) is 6.07 Å². The Morgan fingerprint density at radius 3 is 2.61 bits per heavy atom. The molecule has 1 aliphatic carbocycles. The van der Waals surface area contributed by atoms with Crippen LogP contribution in [0.25, 0.3) is 0 Å². The van der Waals surface area contributed by atoms with Crippen molar-refractivity contribution in [3.8, 4) is 5.75 Å². The fourth-order valence-corrected chi connectivity index (χ4v) is 4.61. The average Bonchev–Trinajstić information content (AvgIpc) is 2.77. The highest BCUT2D eigenvalue weighted by Gasteiger charge is 2.28. The number of carbonyl (C=O) groups is 1. The van der Waals surface area contributed by atoms with Crippen LogP contribution in [0.1, 0.15) is 55.0 Å². The van der Waals surface area contributed by atoms with Crippen LogP contribution in [0.4, 0.5) is 0 Å². The van der Waals surface area contributed by atoms with Gasteiger partial charge < -0.3 is 9.64 Å². The summed E-state index contributed by atoms with van der Waals surface area (Å²) in [5.41, 5.74) is 4.60. The van der Waals surface area contributed by atoms with Crippen molar-refractivity contribution < 1.29 is 9.53 Å². The van der Waals surface area contributed by atoms with Crippen LogP contribution in [0.3, 0.4) is 0 Å². The summed E-state index contributed by atoms with van der Waals surface area (Å²) in [5.74, 6) is 1.13. The van der Waals surface area contributed by atoms with E-state index in [1.54, 1.807) is 10.7 Å². The molecule has 0 radical (unpaired) electrons. The lowest BCUT2D eigenvalue weighted by Crippen LogP contribution is -2.45. The molecule has 1 aromatic carbocycles. The van der Waals surface area contributed by atoms with Crippen molar-refractivity contribution in [1.29, 1.82) is 0 Å². The Labute approximate surface area is 184 Å². The van der Waals surface area contributed by atoms with Crippen molar-refractivity contribution >= 4 is 5.91 Å². The highest BCUT2D eigenvalue weighted by Crippen LogP contribution is 2.22. The molecule has 1 unspecified atom stereocenters. The molecule has 0 spiro atoms. The van der Waals surface area contributed by atoms with Gasteiger partial charge in [0.2, 0.25) is 0 Å². The van der Waals surface area contributed by atoms with Gasteiger partial charge in [0, 0.05) is 25.7 Å². The fraction of sp³-hybridized carbons (Fsp3) is 0.560. The zero-order valence-electron chi connectivity index (χ0n) is 18.9. The van der Waals surface area contributed by atoms with Crippen molar-refractivity contribution in [3.05, 3.63) is 57.0 Å². The van der Waals surface area contributed by atoms with Crippen LogP contribution in [-0.4, -0.2) is 39.8 Å². The summed E-state index contributed by atoms with van der Waals surface area (Å²) in [5, 5.41) is 4.65. The van der Waals surface area contributed by atoms with E-state index in [-0.39, 0.29) is 11.5 Å². The summed E-state index contributed by atoms with van der Waals surface area (Å²) in [6.07, 6.45) is 5.50. The quantitative estimate of drug-likeness (QED) is 0.739. The van der Waals surface area contributed by atoms with Gasteiger partial charge in [-0.25, -0.2) is 4.68 Å². The first-order valence-corrected chi connectivity index (χ1v) is 11.5. The third-order valence-corrected chi connectivity index (χ3v) is 6.77. The average molecular weight is 424 g/mol. The van der Waals surface area contributed by atoms with Crippen molar-refractivity contribution in [2.24, 2.45) is 5.92 Å². The number of piperidine rings is 1. The van der Waals surface area contributed by atoms with Crippen LogP contribution in [0.5, 0.6) is 5.75 Å². The number of aromatic nitrogens is 2. The van der Waals surface area contributed by atoms with E-state index in [4.69, 9.17) is 4.74 Å². The van der Waals surface area contributed by atoms with E-state index in [9.17, 15) is 9.59 Å². The molecule has 6 nitrogen and oxygen atoms in total. The number of ether oxygens (including phenoxy) is 1. The number of amides is 1. The molecule has 0 saturated carbocycles. The second kappa shape index (κ2) is 9.25. The molecule has 2 heterocycles. The Morgan fingerprint density at radius 1 is 1.13 bits per heavy atom. The number of rotatable bonds is 5. The van der Waals surface area contributed by atoms with Gasteiger partial charge in [-0.2, -0.15) is 5.10 Å². The lowest BCUT2D eigenvalue weighted by Gasteiger charge is -2.33. The predicted molar refractivity (Wildman–Crippen MR) is 120 cm³/mol. The third-order valence-electron chi connectivity index (χ3n) is 6.77. The highest BCUT2D eigenvalue weighted by atomic mass is 16.5. The first-order chi connectivity index (χ1) is 14.9. The zero-order chi connectivity index (χ0) is 22.0. The molecule has 1 fully saturated rings. The summed E-state index contributed by atoms with van der Waals surface area (Å²) in [7, 11) is 0. The van der Waals surface area contributed by atoms with E-state index in [1.807, 2.05) is 36.9 Å². The van der Waals surface area contributed by atoms with Crippen molar-refractivity contribution in [2.75, 3.05) is 13.1 Å². The van der Waals surface area contributed by atoms with E-state index in [0.29, 0.717) is 25.6 Å². The van der Waals surface area contributed by atoms with Crippen LogP contribution < -0.4 is 10.3 Å². The summed E-state index contributed by atoms with van der Waals surface area (Å²) >= 11 is 0. The zero-order valence-corrected chi connectivity index (χ0v) is 18.9. The number of nitrogens with zero attached hydrogens (tertiary/aromatic N) is 3. The van der Waals surface area contributed by atoms with Gasteiger partial charge in [-0.3, -0.25) is 9.59 Å². The van der Waals surface area contributed by atoms with E-state index in [0.717, 1.165) is 61.1 Å². The lowest BCUT2D eigenvalue weighted by molar-refractivity contribution is -0.139. The summed E-state index contributed by atoms with van der Waals surface area (Å²) < 4.78 is 7.56. The SMILES string of the molecule is Cc1ccc(OC(C)C(=O)N2CCC(Cn3nc4c(cc3=O)CCCC4)CC2)cc1C. The maximum Gasteiger partial charge on any atom is 0.267 e. The largest absolute Gasteiger partial charge is 0.481 e. The minimum Gasteiger partial charge on any atom is -0.481 e. The normalized spacial score (nSPS) is 17.8. The Morgan fingerprint density at radius 2 is 1.87 bits per heavy atom. The molecular formula is C25H33N3O3. The molecule has 6 heteroatoms. The number of aryl methyl sites for hydroxylation is 4. The summed E-state index contributed by atoms with van der Waals surface area (Å²) in [4.78, 5) is 27.2. The van der Waals surface area contributed by atoms with Crippen LogP contribution in [0.15, 0.2) is 29.1 Å². The van der Waals surface area contributed by atoms with Gasteiger partial charge in [-0.15, -0.1) is 0 Å². The minimum atomic E-state index is -0.511. The maximum absolute atomic E-state index is 12.9. The summed E-state index contributed by atoms with van der Waals surface area (Å²) in [6.45, 7) is 7.96. The van der Waals surface area contributed by atoms with Crippen LogP contribution >= 0.6 is 0 Å². The molecule has 1 atom stereocenters. The maximum atomic E-state index is 12.9. The monoisotopic (exact) mass is 423 g/mol. The first kappa shape index (κ1) is 21.6. The molecule has 31 heavy (non-hydrogen) atoms. The summed E-state index contributed by atoms with van der Waals surface area (Å²) in [6, 6.07) is 7.70. The first-order valence-electron chi connectivity index (χ1n) is 11.5.